The fourth-order valence-electron chi connectivity index (χ4n) is 3.43. The van der Waals surface area contributed by atoms with Gasteiger partial charge in [0.15, 0.2) is 0 Å². The molecule has 1 aromatic rings. The van der Waals surface area contributed by atoms with Crippen LogP contribution in [0.25, 0.3) is 0 Å². The van der Waals surface area contributed by atoms with E-state index in [0.29, 0.717) is 23.5 Å². The Bertz CT molecular complexity index is 496. The van der Waals surface area contributed by atoms with Crippen LogP contribution in [0.5, 0.6) is 0 Å². The molecule has 0 aromatic heterocycles. The maximum absolute atomic E-state index is 12.1. The standard InChI is InChI=1S/C23H41N3O/c1-2-3-4-5-6-7-8-9-10-11-12-13-14-15-16-26-23(27)20-17-21(24)19-22(25)18-20/h17-19H,2-16,24-25H2,1H3,(H,26,27). The second-order valence-electron chi connectivity index (χ2n) is 7.74. The zero-order valence-corrected chi connectivity index (χ0v) is 17.4. The Kier molecular flexibility index (Phi) is 13.3. The number of nitrogens with one attached hydrogen (secondary N) is 1. The number of benzene rings is 1. The molecule has 27 heavy (non-hydrogen) atoms. The Morgan fingerprint density at radius 1 is 0.704 bits per heavy atom. The summed E-state index contributed by atoms with van der Waals surface area (Å²) in [5.41, 5.74) is 13.0. The van der Waals surface area contributed by atoms with Crippen LogP contribution in [0.4, 0.5) is 11.4 Å². The summed E-state index contributed by atoms with van der Waals surface area (Å²) in [5, 5.41) is 2.95. The van der Waals surface area contributed by atoms with Crippen LogP contribution in [0.3, 0.4) is 0 Å². The number of hydrogen-bond donors (Lipinski definition) is 3. The molecule has 5 N–H and O–H groups in total. The van der Waals surface area contributed by atoms with E-state index in [4.69, 9.17) is 11.5 Å². The van der Waals surface area contributed by atoms with Crippen LogP contribution in [-0.4, -0.2) is 12.5 Å². The average Bonchev–Trinajstić information content (AvgIpc) is 2.64. The first-order valence-electron chi connectivity index (χ1n) is 11.1. The van der Waals surface area contributed by atoms with Crippen LogP contribution >= 0.6 is 0 Å². The number of nitrogens with two attached hydrogens (primary N) is 2. The van der Waals surface area contributed by atoms with Gasteiger partial charge < -0.3 is 16.8 Å². The van der Waals surface area contributed by atoms with Gasteiger partial charge in [0, 0.05) is 23.5 Å². The van der Waals surface area contributed by atoms with Crippen molar-refractivity contribution < 1.29 is 4.79 Å². The summed E-state index contributed by atoms with van der Waals surface area (Å²) in [7, 11) is 0. The van der Waals surface area contributed by atoms with Gasteiger partial charge in [-0.05, 0) is 24.6 Å². The molecule has 0 aliphatic carbocycles. The first kappa shape index (κ1) is 23.3. The molecule has 1 aromatic carbocycles. The summed E-state index contributed by atoms with van der Waals surface area (Å²) < 4.78 is 0. The highest BCUT2D eigenvalue weighted by Crippen LogP contribution is 2.14. The molecule has 0 aliphatic rings. The SMILES string of the molecule is CCCCCCCCCCCCCCCCNC(=O)c1cc(N)cc(N)c1. The van der Waals surface area contributed by atoms with Gasteiger partial charge in [0.2, 0.25) is 0 Å². The zero-order chi connectivity index (χ0) is 19.7. The van der Waals surface area contributed by atoms with Gasteiger partial charge in [0.05, 0.1) is 0 Å². The van der Waals surface area contributed by atoms with Gasteiger partial charge in [-0.2, -0.15) is 0 Å². The number of amides is 1. The van der Waals surface area contributed by atoms with E-state index < -0.39 is 0 Å². The van der Waals surface area contributed by atoms with Crippen LogP contribution in [-0.2, 0) is 0 Å². The fourth-order valence-corrected chi connectivity index (χ4v) is 3.43. The second kappa shape index (κ2) is 15.4. The van der Waals surface area contributed by atoms with E-state index in [9.17, 15) is 4.79 Å². The van der Waals surface area contributed by atoms with Gasteiger partial charge in [-0.1, -0.05) is 90.4 Å². The minimum absolute atomic E-state index is 0.0938. The lowest BCUT2D eigenvalue weighted by Crippen LogP contribution is -2.24. The lowest BCUT2D eigenvalue weighted by Gasteiger charge is -2.07. The van der Waals surface area contributed by atoms with Gasteiger partial charge in [-0.25, -0.2) is 0 Å². The number of carbonyl (C=O) groups excluding carboxylic acids is 1. The normalized spacial score (nSPS) is 10.9. The lowest BCUT2D eigenvalue weighted by atomic mass is 10.0. The lowest BCUT2D eigenvalue weighted by molar-refractivity contribution is 0.0953. The zero-order valence-electron chi connectivity index (χ0n) is 17.4. The molecule has 0 radical (unpaired) electrons. The van der Waals surface area contributed by atoms with Gasteiger partial charge in [-0.15, -0.1) is 0 Å². The Labute approximate surface area is 166 Å². The monoisotopic (exact) mass is 375 g/mol. The Morgan fingerprint density at radius 3 is 1.56 bits per heavy atom. The molecule has 0 saturated carbocycles. The highest BCUT2D eigenvalue weighted by atomic mass is 16.1. The van der Waals surface area contributed by atoms with Crippen LogP contribution in [0.2, 0.25) is 0 Å². The maximum Gasteiger partial charge on any atom is 0.251 e. The quantitative estimate of drug-likeness (QED) is 0.242. The highest BCUT2D eigenvalue weighted by Gasteiger charge is 2.06. The molecule has 4 heteroatoms. The highest BCUT2D eigenvalue weighted by molar-refractivity contribution is 5.96. The summed E-state index contributed by atoms with van der Waals surface area (Å²) in [6, 6.07) is 4.98. The molecule has 1 rings (SSSR count). The molecule has 4 nitrogen and oxygen atoms in total. The number of hydrogen-bond acceptors (Lipinski definition) is 3. The molecule has 154 valence electrons. The van der Waals surface area contributed by atoms with Crippen molar-refractivity contribution in [2.75, 3.05) is 18.0 Å². The third-order valence-corrected chi connectivity index (χ3v) is 5.06. The van der Waals surface area contributed by atoms with Gasteiger partial charge >= 0.3 is 0 Å². The van der Waals surface area contributed by atoms with E-state index in [1.54, 1.807) is 18.2 Å². The third kappa shape index (κ3) is 12.3. The topological polar surface area (TPSA) is 81.1 Å². The predicted molar refractivity (Wildman–Crippen MR) is 118 cm³/mol. The van der Waals surface area contributed by atoms with Crippen molar-refractivity contribution in [3.05, 3.63) is 23.8 Å². The van der Waals surface area contributed by atoms with Crippen molar-refractivity contribution >= 4 is 17.3 Å². The van der Waals surface area contributed by atoms with Crippen LogP contribution in [0, 0.1) is 0 Å². The smallest absolute Gasteiger partial charge is 0.251 e. The molecular weight excluding hydrogens is 334 g/mol. The summed E-state index contributed by atoms with van der Waals surface area (Å²) in [5.74, 6) is -0.0938. The molecule has 0 spiro atoms. The maximum atomic E-state index is 12.1. The largest absolute Gasteiger partial charge is 0.399 e. The van der Waals surface area contributed by atoms with Crippen LogP contribution in [0.1, 0.15) is 107 Å². The number of rotatable bonds is 16. The fraction of sp³-hybridized carbons (Fsp3) is 0.696. The molecule has 0 aliphatic heterocycles. The molecule has 0 atom stereocenters. The first-order valence-corrected chi connectivity index (χ1v) is 11.1. The van der Waals surface area contributed by atoms with Gasteiger partial charge in [0.25, 0.3) is 5.91 Å². The summed E-state index contributed by atoms with van der Waals surface area (Å²) in [6.45, 7) is 2.99. The van der Waals surface area contributed by atoms with Crippen LogP contribution in [0.15, 0.2) is 18.2 Å². The van der Waals surface area contributed by atoms with Gasteiger partial charge in [0.1, 0.15) is 0 Å². The van der Waals surface area contributed by atoms with E-state index in [-0.39, 0.29) is 5.91 Å². The van der Waals surface area contributed by atoms with Crippen molar-refractivity contribution in [3.8, 4) is 0 Å². The Hall–Kier alpha value is -1.71. The Morgan fingerprint density at radius 2 is 1.11 bits per heavy atom. The van der Waals surface area contributed by atoms with E-state index >= 15 is 0 Å². The van der Waals surface area contributed by atoms with Crippen LogP contribution < -0.4 is 16.8 Å². The summed E-state index contributed by atoms with van der Waals surface area (Å²) >= 11 is 0. The minimum Gasteiger partial charge on any atom is -0.399 e. The molecule has 0 bridgehead atoms. The molecule has 0 saturated heterocycles. The van der Waals surface area contributed by atoms with E-state index in [1.807, 2.05) is 0 Å². The predicted octanol–water partition coefficient (Wildman–Crippen LogP) is 6.06. The molecular formula is C23H41N3O. The number of nitrogen functional groups attached to an aromatic ring is 2. The van der Waals surface area contributed by atoms with Crippen molar-refractivity contribution in [1.82, 2.24) is 5.32 Å². The van der Waals surface area contributed by atoms with E-state index in [1.165, 1.54) is 83.5 Å². The third-order valence-electron chi connectivity index (χ3n) is 5.06. The number of carbonyl (C=O) groups is 1. The van der Waals surface area contributed by atoms with Crippen molar-refractivity contribution in [3.63, 3.8) is 0 Å². The van der Waals surface area contributed by atoms with Crippen molar-refractivity contribution in [1.29, 1.82) is 0 Å². The van der Waals surface area contributed by atoms with E-state index in [0.717, 1.165) is 6.42 Å². The number of unbranched alkanes of at least 4 members (excludes halogenated alkanes) is 13. The number of anilines is 2. The first-order chi connectivity index (χ1) is 13.1. The van der Waals surface area contributed by atoms with Gasteiger partial charge in [-0.3, -0.25) is 4.79 Å². The Balaban J connectivity index is 1.88. The molecule has 0 fully saturated rings. The van der Waals surface area contributed by atoms with Crippen molar-refractivity contribution in [2.24, 2.45) is 0 Å². The van der Waals surface area contributed by atoms with Crippen molar-refractivity contribution in [2.45, 2.75) is 96.8 Å². The molecule has 1 amide bonds. The minimum atomic E-state index is -0.0938. The van der Waals surface area contributed by atoms with E-state index in [2.05, 4.69) is 12.2 Å². The molecule has 0 unspecified atom stereocenters. The summed E-state index contributed by atoms with van der Waals surface area (Å²) in [6.07, 6.45) is 18.7. The second-order valence-corrected chi connectivity index (χ2v) is 7.74. The average molecular weight is 376 g/mol. The molecule has 0 heterocycles. The summed E-state index contributed by atoms with van der Waals surface area (Å²) in [4.78, 5) is 12.1.